The first kappa shape index (κ1) is 11.3. The van der Waals surface area contributed by atoms with Crippen molar-refractivity contribution in [3.8, 4) is 0 Å². The predicted molar refractivity (Wildman–Crippen MR) is 54.4 cm³/mol. The van der Waals surface area contributed by atoms with Crippen LogP contribution in [0.1, 0.15) is 20.3 Å². The number of aromatic nitrogens is 2. The van der Waals surface area contributed by atoms with Crippen LogP contribution in [-0.4, -0.2) is 24.7 Å². The Kier molecular flexibility index (Phi) is 3.40. The first-order valence-corrected chi connectivity index (χ1v) is 6.37. The summed E-state index contributed by atoms with van der Waals surface area (Å²) in [7, 11) is -3.54. The second kappa shape index (κ2) is 4.20. The molecule has 1 unspecified atom stereocenters. The summed E-state index contributed by atoms with van der Waals surface area (Å²) >= 11 is 0.852. The maximum atomic E-state index is 11.6. The number of nitrogens with two attached hydrogens (primary N) is 1. The summed E-state index contributed by atoms with van der Waals surface area (Å²) in [6.07, 6.45) is 0.716. The van der Waals surface area contributed by atoms with Gasteiger partial charge in [0, 0.05) is 6.04 Å². The molecule has 1 rings (SSSR count). The molecule has 1 atom stereocenters. The van der Waals surface area contributed by atoms with E-state index < -0.39 is 10.0 Å². The molecular formula is C6H12N4O2S2. The summed E-state index contributed by atoms with van der Waals surface area (Å²) in [6.45, 7) is 3.67. The summed E-state index contributed by atoms with van der Waals surface area (Å²) in [5.41, 5.74) is 5.29. The molecule has 6 nitrogen and oxygen atoms in total. The van der Waals surface area contributed by atoms with Gasteiger partial charge in [-0.3, -0.25) is 0 Å². The highest BCUT2D eigenvalue weighted by atomic mass is 32.2. The van der Waals surface area contributed by atoms with E-state index in [4.69, 9.17) is 5.73 Å². The maximum absolute atomic E-state index is 11.6. The third-order valence-corrected chi connectivity index (χ3v) is 4.33. The average Bonchev–Trinajstić information content (AvgIpc) is 2.51. The van der Waals surface area contributed by atoms with E-state index >= 15 is 0 Å². The van der Waals surface area contributed by atoms with Gasteiger partial charge >= 0.3 is 0 Å². The van der Waals surface area contributed by atoms with E-state index in [-0.39, 0.29) is 15.5 Å². The number of nitrogen functional groups attached to an aromatic ring is 1. The predicted octanol–water partition coefficient (Wildman–Crippen LogP) is 0.197. The second-order valence-electron chi connectivity index (χ2n) is 2.84. The molecule has 0 fully saturated rings. The number of sulfonamides is 1. The van der Waals surface area contributed by atoms with Crippen molar-refractivity contribution < 1.29 is 8.42 Å². The molecule has 14 heavy (non-hydrogen) atoms. The number of hydrogen-bond donors (Lipinski definition) is 2. The van der Waals surface area contributed by atoms with Crippen LogP contribution in [0.5, 0.6) is 0 Å². The molecule has 0 saturated heterocycles. The lowest BCUT2D eigenvalue weighted by Crippen LogP contribution is -2.31. The maximum Gasteiger partial charge on any atom is 0.270 e. The zero-order chi connectivity index (χ0) is 10.8. The fourth-order valence-corrected chi connectivity index (χ4v) is 2.85. The molecule has 0 bridgehead atoms. The molecule has 0 aromatic carbocycles. The fourth-order valence-electron chi connectivity index (χ4n) is 0.728. The van der Waals surface area contributed by atoms with Crippen molar-refractivity contribution >= 4 is 26.5 Å². The highest BCUT2D eigenvalue weighted by molar-refractivity contribution is 7.91. The van der Waals surface area contributed by atoms with Gasteiger partial charge in [-0.05, 0) is 13.3 Å². The van der Waals surface area contributed by atoms with Gasteiger partial charge in [0.25, 0.3) is 10.0 Å². The quantitative estimate of drug-likeness (QED) is 0.778. The smallest absolute Gasteiger partial charge is 0.270 e. The van der Waals surface area contributed by atoms with Crippen LogP contribution in [0.2, 0.25) is 0 Å². The van der Waals surface area contributed by atoms with Crippen molar-refractivity contribution in [1.82, 2.24) is 14.9 Å². The molecule has 8 heteroatoms. The van der Waals surface area contributed by atoms with E-state index in [0.717, 1.165) is 11.3 Å². The average molecular weight is 236 g/mol. The van der Waals surface area contributed by atoms with E-state index in [1.165, 1.54) is 0 Å². The lowest BCUT2D eigenvalue weighted by Gasteiger charge is -2.08. The second-order valence-corrected chi connectivity index (χ2v) is 5.73. The molecule has 0 radical (unpaired) electrons. The lowest BCUT2D eigenvalue weighted by atomic mass is 10.3. The Hall–Kier alpha value is -0.730. The Morgan fingerprint density at radius 3 is 2.64 bits per heavy atom. The van der Waals surface area contributed by atoms with Crippen molar-refractivity contribution in [3.05, 3.63) is 0 Å². The summed E-state index contributed by atoms with van der Waals surface area (Å²) in [5, 5.41) is 7.06. The van der Waals surface area contributed by atoms with Crippen molar-refractivity contribution in [1.29, 1.82) is 0 Å². The van der Waals surface area contributed by atoms with Crippen LogP contribution >= 0.6 is 11.3 Å². The molecule has 3 N–H and O–H groups in total. The molecule has 1 heterocycles. The van der Waals surface area contributed by atoms with Crippen LogP contribution in [0.25, 0.3) is 0 Å². The summed E-state index contributed by atoms with van der Waals surface area (Å²) in [6, 6.07) is -0.120. The van der Waals surface area contributed by atoms with E-state index in [2.05, 4.69) is 14.9 Å². The summed E-state index contributed by atoms with van der Waals surface area (Å²) in [5.74, 6) is 0. The van der Waals surface area contributed by atoms with Crippen LogP contribution < -0.4 is 10.5 Å². The van der Waals surface area contributed by atoms with Crippen LogP contribution in [0.3, 0.4) is 0 Å². The van der Waals surface area contributed by atoms with Crippen LogP contribution in [0.15, 0.2) is 4.34 Å². The lowest BCUT2D eigenvalue weighted by molar-refractivity contribution is 0.554. The molecule has 0 aliphatic carbocycles. The molecule has 0 spiro atoms. The number of nitrogens with one attached hydrogen (secondary N) is 1. The van der Waals surface area contributed by atoms with E-state index in [9.17, 15) is 8.42 Å². The van der Waals surface area contributed by atoms with Gasteiger partial charge in [-0.2, -0.15) is 0 Å². The minimum Gasteiger partial charge on any atom is -0.374 e. The fraction of sp³-hybridized carbons (Fsp3) is 0.667. The summed E-state index contributed by atoms with van der Waals surface area (Å²) < 4.78 is 25.5. The van der Waals surface area contributed by atoms with Gasteiger partial charge in [0.15, 0.2) is 0 Å². The van der Waals surface area contributed by atoms with Crippen molar-refractivity contribution in [2.45, 2.75) is 30.6 Å². The molecular weight excluding hydrogens is 224 g/mol. The Bertz CT molecular complexity index is 400. The zero-order valence-electron chi connectivity index (χ0n) is 7.89. The molecule has 0 saturated carbocycles. The highest BCUT2D eigenvalue weighted by Gasteiger charge is 2.20. The Morgan fingerprint density at radius 2 is 2.21 bits per heavy atom. The van der Waals surface area contributed by atoms with Gasteiger partial charge in [-0.15, -0.1) is 10.2 Å². The third-order valence-electron chi connectivity index (χ3n) is 1.62. The topological polar surface area (TPSA) is 98.0 Å². The van der Waals surface area contributed by atoms with Crippen molar-refractivity contribution in [2.75, 3.05) is 5.73 Å². The van der Waals surface area contributed by atoms with Crippen LogP contribution in [0.4, 0.5) is 5.13 Å². The molecule has 80 valence electrons. The zero-order valence-corrected chi connectivity index (χ0v) is 9.52. The van der Waals surface area contributed by atoms with E-state index in [1.807, 2.05) is 6.92 Å². The summed E-state index contributed by atoms with van der Waals surface area (Å²) in [4.78, 5) is 0. The van der Waals surface area contributed by atoms with Gasteiger partial charge < -0.3 is 5.73 Å². The Labute approximate surface area is 86.6 Å². The molecule has 1 aromatic rings. The molecule has 0 amide bonds. The number of hydrogen-bond acceptors (Lipinski definition) is 6. The van der Waals surface area contributed by atoms with Crippen molar-refractivity contribution in [3.63, 3.8) is 0 Å². The normalized spacial score (nSPS) is 14.1. The number of nitrogens with zero attached hydrogens (tertiary/aromatic N) is 2. The largest absolute Gasteiger partial charge is 0.374 e. The minimum absolute atomic E-state index is 0.0877. The Balaban J connectivity index is 2.86. The van der Waals surface area contributed by atoms with Crippen LogP contribution in [-0.2, 0) is 10.0 Å². The monoisotopic (exact) mass is 236 g/mol. The highest BCUT2D eigenvalue weighted by Crippen LogP contribution is 2.16. The first-order chi connectivity index (χ1) is 6.45. The third kappa shape index (κ3) is 2.63. The first-order valence-electron chi connectivity index (χ1n) is 4.07. The number of anilines is 1. The van der Waals surface area contributed by atoms with Crippen molar-refractivity contribution in [2.24, 2.45) is 0 Å². The van der Waals surface area contributed by atoms with E-state index in [1.54, 1.807) is 6.92 Å². The SMILES string of the molecule is CCC(C)NS(=O)(=O)c1nnc(N)s1. The van der Waals surface area contributed by atoms with Gasteiger partial charge in [-0.1, -0.05) is 18.3 Å². The number of rotatable bonds is 4. The van der Waals surface area contributed by atoms with Gasteiger partial charge in [0.2, 0.25) is 9.47 Å². The minimum atomic E-state index is -3.54. The Morgan fingerprint density at radius 1 is 1.57 bits per heavy atom. The molecule has 0 aliphatic heterocycles. The van der Waals surface area contributed by atoms with Gasteiger partial charge in [0.05, 0.1) is 0 Å². The molecule has 1 aromatic heterocycles. The standard InChI is InChI=1S/C6H12N4O2S2/c1-3-4(2)10-14(11,12)6-9-8-5(7)13-6/h4,10H,3H2,1-2H3,(H2,7,8). The van der Waals surface area contributed by atoms with E-state index in [0.29, 0.717) is 6.42 Å². The van der Waals surface area contributed by atoms with Gasteiger partial charge in [-0.25, -0.2) is 13.1 Å². The van der Waals surface area contributed by atoms with Gasteiger partial charge in [0.1, 0.15) is 0 Å². The molecule has 0 aliphatic rings. The van der Waals surface area contributed by atoms with Crippen LogP contribution in [0, 0.1) is 0 Å².